The normalized spacial score (nSPS) is 19.8. The molecule has 202 valence electrons. The highest BCUT2D eigenvalue weighted by atomic mass is 35.5. The largest absolute Gasteiger partial charge is 0.443 e. The molecule has 2 aromatic heterocycles. The molecule has 2 aromatic carbocycles. The molecule has 40 heavy (non-hydrogen) atoms. The highest BCUT2D eigenvalue weighted by molar-refractivity contribution is 8.01. The van der Waals surface area contributed by atoms with Crippen molar-refractivity contribution in [3.8, 4) is 16.9 Å². The molecule has 10 heteroatoms. The zero-order chi connectivity index (χ0) is 28.1. The number of piperidine rings is 1. The number of thioether (sulfide) groups is 1. The molecule has 7 nitrogen and oxygen atoms in total. The molecule has 1 saturated heterocycles. The topological polar surface area (TPSA) is 96.4 Å². The van der Waals surface area contributed by atoms with Crippen molar-refractivity contribution >= 4 is 52.3 Å². The maximum absolute atomic E-state index is 13.6. The van der Waals surface area contributed by atoms with Gasteiger partial charge < -0.3 is 10.1 Å². The van der Waals surface area contributed by atoms with Crippen LogP contribution in [0.2, 0.25) is 5.02 Å². The standard InChI is InChI=1S/C30H25ClN4O3S2/c1-3-8-27(34-19(2)38-25-11-6-4-9-22(25)20-16-32-33-17-20)30(21-13-14-39-18-21)15-24(36)28(29(37)35-30)40-26-12-7-5-10-23(26)31/h3-14,16-18,28H,1,15H2,2H3,(H,32,33)(H,35,37). The number of nitrogens with one attached hydrogen (secondary N) is 2. The third-order valence-electron chi connectivity index (χ3n) is 6.35. The van der Waals surface area contributed by atoms with E-state index in [1.54, 1.807) is 49.7 Å². The number of hydrogen-bond acceptors (Lipinski definition) is 7. The lowest BCUT2D eigenvalue weighted by Gasteiger charge is -2.40. The van der Waals surface area contributed by atoms with Gasteiger partial charge in [0.1, 0.15) is 16.5 Å². The van der Waals surface area contributed by atoms with E-state index >= 15 is 0 Å². The molecule has 2 N–H and O–H groups in total. The Bertz CT molecular complexity index is 1580. The van der Waals surface area contributed by atoms with Crippen LogP contribution >= 0.6 is 34.7 Å². The number of aliphatic imine (C=N–C) groups is 1. The summed E-state index contributed by atoms with van der Waals surface area (Å²) >= 11 is 8.93. The summed E-state index contributed by atoms with van der Waals surface area (Å²) in [5.41, 5.74) is 1.69. The lowest BCUT2D eigenvalue weighted by molar-refractivity contribution is -0.133. The van der Waals surface area contributed by atoms with Crippen molar-refractivity contribution in [3.63, 3.8) is 0 Å². The number of ketones is 1. The van der Waals surface area contributed by atoms with Gasteiger partial charge in [-0.3, -0.25) is 14.7 Å². The van der Waals surface area contributed by atoms with Crippen LogP contribution in [-0.2, 0) is 15.1 Å². The van der Waals surface area contributed by atoms with Crippen molar-refractivity contribution in [3.05, 3.63) is 113 Å². The van der Waals surface area contributed by atoms with E-state index in [2.05, 4.69) is 22.1 Å². The van der Waals surface area contributed by atoms with Gasteiger partial charge in [0.2, 0.25) is 5.91 Å². The molecular weight excluding hydrogens is 564 g/mol. The Kier molecular flexibility index (Phi) is 8.35. The molecule has 0 saturated carbocycles. The zero-order valence-corrected chi connectivity index (χ0v) is 23.9. The summed E-state index contributed by atoms with van der Waals surface area (Å²) in [6, 6.07) is 16.6. The van der Waals surface area contributed by atoms with E-state index in [1.165, 1.54) is 11.3 Å². The van der Waals surface area contributed by atoms with Crippen molar-refractivity contribution in [2.75, 3.05) is 0 Å². The van der Waals surface area contributed by atoms with Crippen LogP contribution in [0.5, 0.6) is 5.75 Å². The van der Waals surface area contributed by atoms with E-state index in [1.807, 2.05) is 47.2 Å². The first-order chi connectivity index (χ1) is 19.4. The van der Waals surface area contributed by atoms with Gasteiger partial charge in [-0.05, 0) is 46.7 Å². The van der Waals surface area contributed by atoms with Gasteiger partial charge in [-0.1, -0.05) is 54.6 Å². The van der Waals surface area contributed by atoms with Crippen LogP contribution in [0.3, 0.4) is 0 Å². The number of thiophene rings is 1. The minimum Gasteiger partial charge on any atom is -0.443 e. The van der Waals surface area contributed by atoms with Crippen LogP contribution in [-0.4, -0.2) is 33.0 Å². The number of halogens is 1. The van der Waals surface area contributed by atoms with Gasteiger partial charge in [0, 0.05) is 35.6 Å². The Morgan fingerprint density at radius 1 is 1.23 bits per heavy atom. The molecule has 5 rings (SSSR count). The minimum absolute atomic E-state index is 0.000345. The van der Waals surface area contributed by atoms with Gasteiger partial charge in [0.15, 0.2) is 11.7 Å². The summed E-state index contributed by atoms with van der Waals surface area (Å²) in [6.07, 6.45) is 6.77. The van der Waals surface area contributed by atoms with Gasteiger partial charge in [0.05, 0.1) is 16.9 Å². The van der Waals surface area contributed by atoms with Crippen LogP contribution in [0.1, 0.15) is 18.9 Å². The van der Waals surface area contributed by atoms with E-state index < -0.39 is 16.7 Å². The van der Waals surface area contributed by atoms with Crippen LogP contribution in [0, 0.1) is 0 Å². The molecule has 1 amide bonds. The number of carbonyl (C=O) groups excluding carboxylic acids is 2. The van der Waals surface area contributed by atoms with Crippen molar-refractivity contribution < 1.29 is 14.3 Å². The number of H-pyrrole nitrogens is 1. The SMILES string of the molecule is C=CC=C(N=C(C)Oc1ccccc1-c1cn[nH]c1)C1(c2ccsc2)CC(=O)C(Sc2ccccc2Cl)C(=O)N1. The first kappa shape index (κ1) is 27.6. The van der Waals surface area contributed by atoms with Crippen LogP contribution in [0.4, 0.5) is 0 Å². The second-order valence-corrected chi connectivity index (χ2v) is 11.3. The average molecular weight is 589 g/mol. The number of carbonyl (C=O) groups is 2. The lowest BCUT2D eigenvalue weighted by Crippen LogP contribution is -2.58. The van der Waals surface area contributed by atoms with Crippen molar-refractivity contribution in [1.29, 1.82) is 0 Å². The minimum atomic E-state index is -1.20. The maximum Gasteiger partial charge on any atom is 0.242 e. The van der Waals surface area contributed by atoms with Crippen molar-refractivity contribution in [1.82, 2.24) is 15.5 Å². The molecule has 2 unspecified atom stereocenters. The summed E-state index contributed by atoms with van der Waals surface area (Å²) < 4.78 is 6.19. The fourth-order valence-electron chi connectivity index (χ4n) is 4.52. The van der Waals surface area contributed by atoms with Crippen LogP contribution < -0.4 is 10.1 Å². The van der Waals surface area contributed by atoms with Gasteiger partial charge in [0.25, 0.3) is 0 Å². The fourth-order valence-corrected chi connectivity index (χ4v) is 6.49. The number of ether oxygens (including phenoxy) is 1. The number of nitrogens with zero attached hydrogens (tertiary/aromatic N) is 2. The number of benzene rings is 2. The Morgan fingerprint density at radius 3 is 2.73 bits per heavy atom. The predicted octanol–water partition coefficient (Wildman–Crippen LogP) is 6.80. The molecule has 0 aliphatic carbocycles. The number of aromatic amines is 1. The Balaban J connectivity index is 1.49. The molecule has 4 aromatic rings. The molecule has 2 atom stereocenters. The maximum atomic E-state index is 13.6. The van der Waals surface area contributed by atoms with E-state index in [4.69, 9.17) is 21.3 Å². The van der Waals surface area contributed by atoms with Gasteiger partial charge in [-0.15, -0.1) is 11.8 Å². The summed E-state index contributed by atoms with van der Waals surface area (Å²) in [5, 5.41) is 13.3. The predicted molar refractivity (Wildman–Crippen MR) is 161 cm³/mol. The van der Waals surface area contributed by atoms with Gasteiger partial charge in [-0.2, -0.15) is 16.4 Å². The molecule has 1 aliphatic heterocycles. The first-order valence-electron chi connectivity index (χ1n) is 12.3. The van der Waals surface area contributed by atoms with Gasteiger partial charge in [-0.25, -0.2) is 4.99 Å². The van der Waals surface area contributed by atoms with Crippen molar-refractivity contribution in [2.24, 2.45) is 4.99 Å². The number of allylic oxidation sites excluding steroid dienone is 2. The first-order valence-corrected chi connectivity index (χ1v) is 14.5. The van der Waals surface area contributed by atoms with Crippen LogP contribution in [0.15, 0.2) is 112 Å². The second-order valence-electron chi connectivity index (χ2n) is 8.98. The molecule has 1 aliphatic rings. The Hall–Kier alpha value is -3.92. The van der Waals surface area contributed by atoms with E-state index in [9.17, 15) is 9.59 Å². The molecule has 0 bridgehead atoms. The average Bonchev–Trinajstić information content (AvgIpc) is 3.67. The fraction of sp³-hybridized carbons (Fsp3) is 0.133. The number of aromatic nitrogens is 2. The number of amides is 1. The zero-order valence-electron chi connectivity index (χ0n) is 21.5. The number of rotatable bonds is 8. The smallest absolute Gasteiger partial charge is 0.242 e. The third-order valence-corrected chi connectivity index (χ3v) is 8.79. The summed E-state index contributed by atoms with van der Waals surface area (Å²) in [5.74, 6) is 0.274. The van der Waals surface area contributed by atoms with E-state index in [0.717, 1.165) is 28.5 Å². The molecule has 0 radical (unpaired) electrons. The highest BCUT2D eigenvalue weighted by Gasteiger charge is 2.49. The van der Waals surface area contributed by atoms with Gasteiger partial charge >= 0.3 is 0 Å². The number of Topliss-reactive ketones (excluding diaryl/α,β-unsaturated/α-hetero) is 1. The Labute approximate surface area is 245 Å². The molecule has 3 heterocycles. The lowest BCUT2D eigenvalue weighted by atomic mass is 9.79. The summed E-state index contributed by atoms with van der Waals surface area (Å²) in [7, 11) is 0. The molecule has 1 fully saturated rings. The Morgan fingerprint density at radius 2 is 2.02 bits per heavy atom. The van der Waals surface area contributed by atoms with Crippen molar-refractivity contribution in [2.45, 2.75) is 29.0 Å². The third kappa shape index (κ3) is 5.67. The summed E-state index contributed by atoms with van der Waals surface area (Å²) in [6.45, 7) is 5.58. The monoisotopic (exact) mass is 588 g/mol. The van der Waals surface area contributed by atoms with E-state index in [0.29, 0.717) is 27.3 Å². The quantitative estimate of drug-likeness (QED) is 0.102. The highest BCUT2D eigenvalue weighted by Crippen LogP contribution is 2.42. The summed E-state index contributed by atoms with van der Waals surface area (Å²) in [4.78, 5) is 32.7. The number of hydrogen-bond donors (Lipinski definition) is 2. The molecule has 0 spiro atoms. The van der Waals surface area contributed by atoms with Crippen LogP contribution in [0.25, 0.3) is 11.1 Å². The van der Waals surface area contributed by atoms with E-state index in [-0.39, 0.29) is 12.2 Å². The molecular formula is C30H25ClN4O3S2. The number of para-hydroxylation sites is 1. The second kappa shape index (κ2) is 12.1.